The van der Waals surface area contributed by atoms with Gasteiger partial charge in [-0.15, -0.1) is 0 Å². The summed E-state index contributed by atoms with van der Waals surface area (Å²) in [6.07, 6.45) is 0. The summed E-state index contributed by atoms with van der Waals surface area (Å²) in [6.45, 7) is 3.79. The van der Waals surface area contributed by atoms with E-state index in [2.05, 4.69) is 17.2 Å². The van der Waals surface area contributed by atoms with Gasteiger partial charge in [0.1, 0.15) is 5.02 Å². The molecule has 2 aromatic rings. The minimum absolute atomic E-state index is 0.0243. The quantitative estimate of drug-likeness (QED) is 0.487. The molecular weight excluding hydrogens is 358 g/mol. The Labute approximate surface area is 153 Å². The summed E-state index contributed by atoms with van der Waals surface area (Å²) in [4.78, 5) is 35.4. The van der Waals surface area contributed by atoms with Crippen molar-refractivity contribution < 1.29 is 14.5 Å². The van der Waals surface area contributed by atoms with Crippen molar-refractivity contribution in [1.82, 2.24) is 10.6 Å². The minimum atomic E-state index is -0.823. The monoisotopic (exact) mass is 371 g/mol. The van der Waals surface area contributed by atoms with Crippen LogP contribution in [0.5, 0.6) is 0 Å². The van der Waals surface area contributed by atoms with Crippen LogP contribution in [0.3, 0.4) is 0 Å². The summed E-state index contributed by atoms with van der Waals surface area (Å²) >= 11 is 5.86. The number of halogens is 1. The number of rotatable bonds is 4. The molecule has 1 heterocycles. The molecule has 0 radical (unpaired) electrons. The molecule has 0 saturated carbocycles. The molecule has 1 saturated heterocycles. The molecule has 0 unspecified atom stereocenters. The maximum absolute atomic E-state index is 13.0. The number of ketones is 1. The van der Waals surface area contributed by atoms with Gasteiger partial charge in [-0.3, -0.25) is 14.9 Å². The largest absolute Gasteiger partial charge is 0.330 e. The predicted octanol–water partition coefficient (Wildman–Crippen LogP) is 3.61. The van der Waals surface area contributed by atoms with Crippen LogP contribution in [0.15, 0.2) is 60.8 Å². The fraction of sp³-hybridized carbons (Fsp3) is 0.111. The fourth-order valence-electron chi connectivity index (χ4n) is 2.92. The number of carbonyl (C=O) groups excluding carboxylic acids is 2. The lowest BCUT2D eigenvalue weighted by Gasteiger charge is -2.33. The van der Waals surface area contributed by atoms with Crippen molar-refractivity contribution in [3.8, 4) is 0 Å². The first-order valence-corrected chi connectivity index (χ1v) is 8.05. The van der Waals surface area contributed by atoms with Crippen LogP contribution in [0.25, 0.3) is 0 Å². The van der Waals surface area contributed by atoms with Crippen LogP contribution in [0.4, 0.5) is 10.5 Å². The number of benzene rings is 2. The van der Waals surface area contributed by atoms with Crippen molar-refractivity contribution in [1.29, 1.82) is 0 Å². The Hall–Kier alpha value is -3.19. The van der Waals surface area contributed by atoms with Gasteiger partial charge in [-0.1, -0.05) is 54.6 Å². The van der Waals surface area contributed by atoms with E-state index in [1.54, 1.807) is 36.4 Å². The molecule has 7 nitrogen and oxygen atoms in total. The van der Waals surface area contributed by atoms with Crippen molar-refractivity contribution in [2.45, 2.75) is 6.04 Å². The van der Waals surface area contributed by atoms with Gasteiger partial charge in [0.25, 0.3) is 5.69 Å². The molecule has 132 valence electrons. The highest BCUT2D eigenvalue weighted by molar-refractivity contribution is 6.32. The second-order valence-electron chi connectivity index (χ2n) is 5.78. The highest BCUT2D eigenvalue weighted by Crippen LogP contribution is 2.35. The fourth-order valence-corrected chi connectivity index (χ4v) is 3.10. The van der Waals surface area contributed by atoms with E-state index in [0.717, 1.165) is 0 Å². The van der Waals surface area contributed by atoms with Gasteiger partial charge in [0.05, 0.1) is 16.9 Å². The topological polar surface area (TPSA) is 101 Å². The average molecular weight is 372 g/mol. The number of nitrogens with zero attached hydrogens (tertiary/aromatic N) is 1. The molecule has 2 amide bonds. The molecular formula is C18H14ClN3O4. The Morgan fingerprint density at radius 2 is 1.88 bits per heavy atom. The van der Waals surface area contributed by atoms with Gasteiger partial charge in [0.2, 0.25) is 0 Å². The first-order valence-electron chi connectivity index (χ1n) is 7.68. The molecule has 0 aromatic heterocycles. The van der Waals surface area contributed by atoms with E-state index in [1.807, 2.05) is 0 Å². The molecule has 0 aliphatic carbocycles. The third kappa shape index (κ3) is 3.29. The number of carbonyl (C=O) groups is 2. The summed E-state index contributed by atoms with van der Waals surface area (Å²) in [7, 11) is 0. The third-order valence-corrected chi connectivity index (χ3v) is 4.46. The van der Waals surface area contributed by atoms with E-state index >= 15 is 0 Å². The molecule has 3 rings (SSSR count). The molecule has 2 aromatic carbocycles. The van der Waals surface area contributed by atoms with E-state index < -0.39 is 22.9 Å². The standard InChI is InChI=1S/C18H14ClN3O4/c1-10-15(17(23)11-5-3-2-4-6-11)16(21-18(24)20-10)12-7-8-13(19)14(9-12)22(25)26/h2-9,15-16H,1H2,(H2,20,21,24)/t15-,16+/m1/s1. The van der Waals surface area contributed by atoms with Crippen molar-refractivity contribution in [2.75, 3.05) is 0 Å². The van der Waals surface area contributed by atoms with Crippen LogP contribution >= 0.6 is 11.6 Å². The molecule has 2 atom stereocenters. The van der Waals surface area contributed by atoms with Gasteiger partial charge in [0.15, 0.2) is 5.78 Å². The lowest BCUT2D eigenvalue weighted by atomic mass is 9.83. The van der Waals surface area contributed by atoms with E-state index in [9.17, 15) is 19.7 Å². The number of nitro groups is 1. The van der Waals surface area contributed by atoms with Crippen LogP contribution < -0.4 is 10.6 Å². The Morgan fingerprint density at radius 3 is 2.54 bits per heavy atom. The maximum Gasteiger partial charge on any atom is 0.319 e. The zero-order valence-electron chi connectivity index (χ0n) is 13.4. The van der Waals surface area contributed by atoms with Crippen LogP contribution in [-0.2, 0) is 0 Å². The molecule has 0 spiro atoms. The van der Waals surface area contributed by atoms with Gasteiger partial charge in [-0.2, -0.15) is 0 Å². The maximum atomic E-state index is 13.0. The number of amides is 2. The van der Waals surface area contributed by atoms with Gasteiger partial charge < -0.3 is 10.6 Å². The zero-order chi connectivity index (χ0) is 18.8. The number of hydrogen-bond donors (Lipinski definition) is 2. The van der Waals surface area contributed by atoms with Gasteiger partial charge in [-0.25, -0.2) is 4.79 Å². The Bertz CT molecular complexity index is 914. The first-order chi connectivity index (χ1) is 12.4. The summed E-state index contributed by atoms with van der Waals surface area (Å²) in [5, 5.41) is 16.3. The number of hydrogen-bond acceptors (Lipinski definition) is 4. The van der Waals surface area contributed by atoms with Crippen LogP contribution in [0.1, 0.15) is 22.0 Å². The average Bonchev–Trinajstić information content (AvgIpc) is 2.61. The summed E-state index contributed by atoms with van der Waals surface area (Å²) in [5.41, 5.74) is 0.773. The smallest absolute Gasteiger partial charge is 0.319 e. The SMILES string of the molecule is C=C1NC(=O)N[C@@H](c2ccc(Cl)c([N+](=O)[O-])c2)[C@@H]1C(=O)c1ccccc1. The van der Waals surface area contributed by atoms with Gasteiger partial charge in [0, 0.05) is 17.3 Å². The number of nitrogens with one attached hydrogen (secondary N) is 2. The number of urea groups is 1. The van der Waals surface area contributed by atoms with Crippen LogP contribution in [-0.4, -0.2) is 16.7 Å². The van der Waals surface area contributed by atoms with Crippen LogP contribution in [0.2, 0.25) is 5.02 Å². The minimum Gasteiger partial charge on any atom is -0.330 e. The van der Waals surface area contributed by atoms with E-state index in [1.165, 1.54) is 12.1 Å². The van der Waals surface area contributed by atoms with Crippen molar-refractivity contribution in [3.63, 3.8) is 0 Å². The van der Waals surface area contributed by atoms with Crippen molar-refractivity contribution in [2.24, 2.45) is 5.92 Å². The van der Waals surface area contributed by atoms with Crippen molar-refractivity contribution >= 4 is 29.1 Å². The summed E-state index contributed by atoms with van der Waals surface area (Å²) < 4.78 is 0. The Kier molecular flexibility index (Phi) is 4.73. The Morgan fingerprint density at radius 1 is 1.19 bits per heavy atom. The van der Waals surface area contributed by atoms with E-state index in [-0.39, 0.29) is 22.2 Å². The molecule has 26 heavy (non-hydrogen) atoms. The molecule has 2 N–H and O–H groups in total. The zero-order valence-corrected chi connectivity index (χ0v) is 14.2. The van der Waals surface area contributed by atoms with E-state index in [0.29, 0.717) is 11.1 Å². The highest BCUT2D eigenvalue weighted by Gasteiger charge is 2.38. The summed E-state index contributed by atoms with van der Waals surface area (Å²) in [5.74, 6) is -1.08. The summed E-state index contributed by atoms with van der Waals surface area (Å²) in [6, 6.07) is 11.4. The normalized spacial score (nSPS) is 19.4. The van der Waals surface area contributed by atoms with E-state index in [4.69, 9.17) is 11.6 Å². The van der Waals surface area contributed by atoms with Crippen LogP contribution in [0, 0.1) is 16.0 Å². The highest BCUT2D eigenvalue weighted by atomic mass is 35.5. The van der Waals surface area contributed by atoms with Gasteiger partial charge in [-0.05, 0) is 11.6 Å². The molecule has 0 bridgehead atoms. The lowest BCUT2D eigenvalue weighted by Crippen LogP contribution is -2.50. The lowest BCUT2D eigenvalue weighted by molar-refractivity contribution is -0.384. The third-order valence-electron chi connectivity index (χ3n) is 4.14. The molecule has 1 fully saturated rings. The predicted molar refractivity (Wildman–Crippen MR) is 95.9 cm³/mol. The van der Waals surface area contributed by atoms with Gasteiger partial charge >= 0.3 is 6.03 Å². The molecule has 1 aliphatic rings. The number of nitro benzene ring substituents is 1. The first kappa shape index (κ1) is 17.6. The second-order valence-corrected chi connectivity index (χ2v) is 6.18. The molecule has 8 heteroatoms. The molecule has 1 aliphatic heterocycles. The Balaban J connectivity index is 2.05. The number of Topliss-reactive ketones (excluding diaryl/α,β-unsaturated/α-hetero) is 1. The van der Waals surface area contributed by atoms with Crippen molar-refractivity contribution in [3.05, 3.63) is 87.1 Å². The second kappa shape index (κ2) is 6.97.